The van der Waals surface area contributed by atoms with Crippen LogP contribution < -0.4 is 14.8 Å². The van der Waals surface area contributed by atoms with E-state index in [0.29, 0.717) is 25.2 Å². The predicted octanol–water partition coefficient (Wildman–Crippen LogP) is 6.33. The summed E-state index contributed by atoms with van der Waals surface area (Å²) < 4.78 is 11.9. The topological polar surface area (TPSA) is 50.8 Å². The molecule has 5 rings (SSSR count). The maximum Gasteiger partial charge on any atom is 0.251 e. The molecule has 0 radical (unpaired) electrons. The van der Waals surface area contributed by atoms with E-state index in [4.69, 9.17) is 9.47 Å². The smallest absolute Gasteiger partial charge is 0.251 e. The van der Waals surface area contributed by atoms with Gasteiger partial charge in [-0.3, -0.25) is 9.69 Å². The molecule has 2 heterocycles. The van der Waals surface area contributed by atoms with Crippen LogP contribution in [0.3, 0.4) is 0 Å². The Kier molecular flexibility index (Phi) is 7.67. The number of hydrogen-bond donors (Lipinski definition) is 1. The summed E-state index contributed by atoms with van der Waals surface area (Å²) in [5.74, 6) is 1.46. The number of anilines is 1. The van der Waals surface area contributed by atoms with E-state index in [1.54, 1.807) is 0 Å². The van der Waals surface area contributed by atoms with Gasteiger partial charge in [0.15, 0.2) is 0 Å². The predicted molar refractivity (Wildman–Crippen MR) is 146 cm³/mol. The Morgan fingerprint density at radius 2 is 1.78 bits per heavy atom. The quantitative estimate of drug-likeness (QED) is 0.427. The molecule has 0 spiro atoms. The summed E-state index contributed by atoms with van der Waals surface area (Å²) in [6.45, 7) is 6.46. The molecular weight excluding hydrogens is 448 g/mol. The highest BCUT2D eigenvalue weighted by molar-refractivity contribution is 6.07. The molecule has 3 aromatic carbocycles. The second-order valence-corrected chi connectivity index (χ2v) is 9.62. The molecule has 3 aromatic rings. The Morgan fingerprint density at radius 1 is 0.972 bits per heavy atom. The van der Waals surface area contributed by atoms with Crippen LogP contribution in [0.2, 0.25) is 0 Å². The first kappa shape index (κ1) is 24.1. The first-order chi connectivity index (χ1) is 17.6. The minimum Gasteiger partial charge on any atom is -0.493 e. The number of nitrogens with one attached hydrogen (secondary N) is 1. The molecule has 36 heavy (non-hydrogen) atoms. The minimum absolute atomic E-state index is 0.113. The largest absolute Gasteiger partial charge is 0.493 e. The van der Waals surface area contributed by atoms with Crippen molar-refractivity contribution in [1.29, 1.82) is 0 Å². The van der Waals surface area contributed by atoms with Crippen LogP contribution in [0.25, 0.3) is 17.2 Å². The van der Waals surface area contributed by atoms with Gasteiger partial charge < -0.3 is 14.8 Å². The third-order valence-corrected chi connectivity index (χ3v) is 6.86. The van der Waals surface area contributed by atoms with E-state index < -0.39 is 0 Å². The first-order valence-corrected chi connectivity index (χ1v) is 13.0. The van der Waals surface area contributed by atoms with Crippen molar-refractivity contribution in [1.82, 2.24) is 4.90 Å². The molecule has 5 nitrogen and oxygen atoms in total. The molecule has 0 atom stereocenters. The average Bonchev–Trinajstić information content (AvgIpc) is 3.12. The van der Waals surface area contributed by atoms with Crippen molar-refractivity contribution in [3.05, 3.63) is 83.4 Å². The molecule has 0 saturated carbocycles. The Balaban J connectivity index is 1.25. The van der Waals surface area contributed by atoms with Gasteiger partial charge in [0.25, 0.3) is 5.91 Å². The van der Waals surface area contributed by atoms with E-state index in [2.05, 4.69) is 53.5 Å². The Morgan fingerprint density at radius 3 is 2.61 bits per heavy atom. The van der Waals surface area contributed by atoms with Gasteiger partial charge in [0.2, 0.25) is 0 Å². The lowest BCUT2D eigenvalue weighted by molar-refractivity contribution is -0.113. The number of hydrogen-bond acceptors (Lipinski definition) is 4. The van der Waals surface area contributed by atoms with Gasteiger partial charge in [-0.1, -0.05) is 48.4 Å². The Bertz CT molecular complexity index is 1230. The lowest BCUT2D eigenvalue weighted by Gasteiger charge is -2.26. The van der Waals surface area contributed by atoms with Crippen LogP contribution in [0.4, 0.5) is 5.69 Å². The van der Waals surface area contributed by atoms with Crippen molar-refractivity contribution >= 4 is 17.7 Å². The van der Waals surface area contributed by atoms with Crippen molar-refractivity contribution in [2.24, 2.45) is 0 Å². The number of fused-ring (bicyclic) bond motifs is 1. The van der Waals surface area contributed by atoms with Gasteiger partial charge in [0.05, 0.1) is 6.61 Å². The molecule has 5 heteroatoms. The van der Waals surface area contributed by atoms with Crippen LogP contribution in [0.1, 0.15) is 36.8 Å². The monoisotopic (exact) mass is 482 g/mol. The summed E-state index contributed by atoms with van der Waals surface area (Å²) in [5, 5.41) is 3.05. The third-order valence-electron chi connectivity index (χ3n) is 6.86. The van der Waals surface area contributed by atoms with Crippen molar-refractivity contribution < 1.29 is 14.3 Å². The molecule has 0 unspecified atom stereocenters. The zero-order valence-corrected chi connectivity index (χ0v) is 21.0. The van der Waals surface area contributed by atoms with E-state index in [-0.39, 0.29) is 5.91 Å². The summed E-state index contributed by atoms with van der Waals surface area (Å²) in [4.78, 5) is 15.6. The number of nitrogens with zero attached hydrogens (tertiary/aromatic N) is 1. The molecule has 186 valence electrons. The standard InChI is InChI=1S/C31H34N2O3/c1-23-8-10-24(11-9-23)25-12-13-30-27(20-25)21-26(14-18-36-30)31(34)32-28-6-5-7-29(22-28)35-19-17-33-15-3-2-4-16-33/h5-13,20-22H,2-4,14-19H2,1H3,(H,32,34). The number of amides is 1. The number of aryl methyl sites for hydroxylation is 1. The molecule has 2 aliphatic rings. The van der Waals surface area contributed by atoms with Crippen molar-refractivity contribution in [3.8, 4) is 22.6 Å². The van der Waals surface area contributed by atoms with Crippen LogP contribution in [0, 0.1) is 6.92 Å². The summed E-state index contributed by atoms with van der Waals surface area (Å²) in [6.07, 6.45) is 6.39. The number of ether oxygens (including phenoxy) is 2. The number of carbonyl (C=O) groups excluding carboxylic acids is 1. The maximum absolute atomic E-state index is 13.2. The van der Waals surface area contributed by atoms with Crippen LogP contribution in [-0.4, -0.2) is 43.7 Å². The van der Waals surface area contributed by atoms with Gasteiger partial charge in [0, 0.05) is 35.9 Å². The highest BCUT2D eigenvalue weighted by Gasteiger charge is 2.17. The first-order valence-electron chi connectivity index (χ1n) is 13.0. The lowest BCUT2D eigenvalue weighted by atomic mass is 10.00. The van der Waals surface area contributed by atoms with Gasteiger partial charge in [-0.15, -0.1) is 0 Å². The van der Waals surface area contributed by atoms with E-state index in [9.17, 15) is 4.79 Å². The van der Waals surface area contributed by atoms with E-state index >= 15 is 0 Å². The fraction of sp³-hybridized carbons (Fsp3) is 0.323. The van der Waals surface area contributed by atoms with E-state index in [0.717, 1.165) is 53.5 Å². The highest BCUT2D eigenvalue weighted by Crippen LogP contribution is 2.31. The fourth-order valence-corrected chi connectivity index (χ4v) is 4.78. The number of piperidine rings is 1. The maximum atomic E-state index is 13.2. The van der Waals surface area contributed by atoms with Gasteiger partial charge in [0.1, 0.15) is 18.1 Å². The third kappa shape index (κ3) is 6.16. The second-order valence-electron chi connectivity index (χ2n) is 9.62. The summed E-state index contributed by atoms with van der Waals surface area (Å²) in [7, 11) is 0. The number of benzene rings is 3. The van der Waals surface area contributed by atoms with Crippen molar-refractivity contribution in [2.45, 2.75) is 32.6 Å². The number of rotatable bonds is 7. The zero-order chi connectivity index (χ0) is 24.7. The molecular formula is C31H34N2O3. The zero-order valence-electron chi connectivity index (χ0n) is 21.0. The van der Waals surface area contributed by atoms with Gasteiger partial charge in [-0.05, 0) is 74.3 Å². The van der Waals surface area contributed by atoms with Gasteiger partial charge >= 0.3 is 0 Å². The lowest BCUT2D eigenvalue weighted by Crippen LogP contribution is -2.33. The van der Waals surface area contributed by atoms with E-state index in [1.807, 2.05) is 36.4 Å². The van der Waals surface area contributed by atoms with Gasteiger partial charge in [-0.25, -0.2) is 0 Å². The molecule has 1 fully saturated rings. The Labute approximate surface area is 213 Å². The van der Waals surface area contributed by atoms with Crippen LogP contribution >= 0.6 is 0 Å². The summed E-state index contributed by atoms with van der Waals surface area (Å²) in [6, 6.07) is 22.3. The SMILES string of the molecule is Cc1ccc(-c2ccc3c(c2)C=C(C(=O)Nc2cccc(OCCN4CCCCC4)c2)CCO3)cc1. The van der Waals surface area contributed by atoms with E-state index in [1.165, 1.54) is 24.8 Å². The molecule has 1 saturated heterocycles. The molecule has 0 aliphatic carbocycles. The van der Waals surface area contributed by atoms with Crippen LogP contribution in [0.15, 0.2) is 72.3 Å². The average molecular weight is 483 g/mol. The Hall–Kier alpha value is -3.57. The molecule has 0 aromatic heterocycles. The van der Waals surface area contributed by atoms with Crippen LogP contribution in [0.5, 0.6) is 11.5 Å². The summed E-state index contributed by atoms with van der Waals surface area (Å²) in [5.41, 5.74) is 5.83. The second kappa shape index (κ2) is 11.4. The van der Waals surface area contributed by atoms with Gasteiger partial charge in [-0.2, -0.15) is 0 Å². The van der Waals surface area contributed by atoms with Crippen molar-refractivity contribution in [3.63, 3.8) is 0 Å². The molecule has 1 amide bonds. The minimum atomic E-state index is -0.113. The molecule has 0 bridgehead atoms. The van der Waals surface area contributed by atoms with Crippen LogP contribution in [-0.2, 0) is 4.79 Å². The summed E-state index contributed by atoms with van der Waals surface area (Å²) >= 11 is 0. The molecule has 1 N–H and O–H groups in total. The number of likely N-dealkylation sites (tertiary alicyclic amines) is 1. The molecule has 2 aliphatic heterocycles. The number of carbonyl (C=O) groups is 1. The normalized spacial score (nSPS) is 15.8. The fourth-order valence-electron chi connectivity index (χ4n) is 4.78. The van der Waals surface area contributed by atoms with Crippen molar-refractivity contribution in [2.75, 3.05) is 38.2 Å². The highest BCUT2D eigenvalue weighted by atomic mass is 16.5.